The SMILES string of the molecule is CCNC1CCC(Sc2ccc3ccccc3c2)C1C. The lowest BCUT2D eigenvalue weighted by Crippen LogP contribution is -2.32. The van der Waals surface area contributed by atoms with Gasteiger partial charge < -0.3 is 5.32 Å². The smallest absolute Gasteiger partial charge is 0.0135 e. The van der Waals surface area contributed by atoms with Crippen molar-refractivity contribution in [2.24, 2.45) is 5.92 Å². The van der Waals surface area contributed by atoms with E-state index >= 15 is 0 Å². The Hall–Kier alpha value is -0.990. The first-order valence-electron chi connectivity index (χ1n) is 7.67. The van der Waals surface area contributed by atoms with Crippen LogP contribution in [0.4, 0.5) is 0 Å². The van der Waals surface area contributed by atoms with E-state index in [-0.39, 0.29) is 0 Å². The molecule has 3 rings (SSSR count). The zero-order valence-corrected chi connectivity index (χ0v) is 13.1. The van der Waals surface area contributed by atoms with E-state index in [2.05, 4.69) is 73.4 Å². The first kappa shape index (κ1) is 14.0. The van der Waals surface area contributed by atoms with Crippen LogP contribution in [-0.4, -0.2) is 17.8 Å². The van der Waals surface area contributed by atoms with Crippen molar-refractivity contribution in [2.75, 3.05) is 6.54 Å². The monoisotopic (exact) mass is 285 g/mol. The third-order valence-electron chi connectivity index (χ3n) is 4.46. The van der Waals surface area contributed by atoms with E-state index in [1.165, 1.54) is 28.5 Å². The van der Waals surface area contributed by atoms with E-state index in [1.54, 1.807) is 0 Å². The van der Waals surface area contributed by atoms with Gasteiger partial charge in [0, 0.05) is 16.2 Å². The fraction of sp³-hybridized carbons (Fsp3) is 0.444. The average Bonchev–Trinajstić information content (AvgIpc) is 2.81. The molecule has 3 unspecified atom stereocenters. The summed E-state index contributed by atoms with van der Waals surface area (Å²) in [6.07, 6.45) is 2.65. The van der Waals surface area contributed by atoms with Crippen molar-refractivity contribution in [2.45, 2.75) is 42.9 Å². The molecule has 1 nitrogen and oxygen atoms in total. The van der Waals surface area contributed by atoms with E-state index in [1.807, 2.05) is 0 Å². The van der Waals surface area contributed by atoms with Crippen LogP contribution in [0.5, 0.6) is 0 Å². The van der Waals surface area contributed by atoms with Crippen LogP contribution >= 0.6 is 11.8 Å². The Morgan fingerprint density at radius 2 is 1.90 bits per heavy atom. The van der Waals surface area contributed by atoms with Crippen LogP contribution in [0.2, 0.25) is 0 Å². The van der Waals surface area contributed by atoms with Gasteiger partial charge in [0.2, 0.25) is 0 Å². The topological polar surface area (TPSA) is 12.0 Å². The summed E-state index contributed by atoms with van der Waals surface area (Å²) in [6, 6.07) is 16.2. The fourth-order valence-corrected chi connectivity index (χ4v) is 4.61. The molecule has 2 heteroatoms. The van der Waals surface area contributed by atoms with Gasteiger partial charge in [0.05, 0.1) is 0 Å². The van der Waals surface area contributed by atoms with Crippen LogP contribution in [-0.2, 0) is 0 Å². The largest absolute Gasteiger partial charge is 0.314 e. The van der Waals surface area contributed by atoms with Crippen molar-refractivity contribution >= 4 is 22.5 Å². The molecule has 1 N–H and O–H groups in total. The molecule has 106 valence electrons. The standard InChI is InChI=1S/C18H23NS/c1-3-19-17-10-11-18(13(17)2)20-16-9-8-14-6-4-5-7-15(14)12-16/h4-9,12-13,17-19H,3,10-11H2,1-2H3. The maximum absolute atomic E-state index is 3.63. The van der Waals surface area contributed by atoms with Crippen LogP contribution in [0.25, 0.3) is 10.8 Å². The number of thioether (sulfide) groups is 1. The summed E-state index contributed by atoms with van der Waals surface area (Å²) < 4.78 is 0. The van der Waals surface area contributed by atoms with Gasteiger partial charge in [0.15, 0.2) is 0 Å². The lowest BCUT2D eigenvalue weighted by molar-refractivity contribution is 0.441. The van der Waals surface area contributed by atoms with E-state index in [9.17, 15) is 0 Å². The van der Waals surface area contributed by atoms with Gasteiger partial charge in [-0.15, -0.1) is 11.8 Å². The molecule has 0 aliphatic heterocycles. The minimum atomic E-state index is 0.706. The number of hydrogen-bond donors (Lipinski definition) is 1. The Kier molecular flexibility index (Phi) is 4.32. The van der Waals surface area contributed by atoms with Crippen molar-refractivity contribution in [3.63, 3.8) is 0 Å². The molecule has 0 aromatic heterocycles. The molecule has 20 heavy (non-hydrogen) atoms. The Morgan fingerprint density at radius 3 is 2.70 bits per heavy atom. The van der Waals surface area contributed by atoms with Crippen molar-refractivity contribution in [3.05, 3.63) is 42.5 Å². The molecule has 0 amide bonds. The van der Waals surface area contributed by atoms with Gasteiger partial charge in [-0.05, 0) is 48.2 Å². The molecule has 2 aromatic carbocycles. The lowest BCUT2D eigenvalue weighted by atomic mass is 10.1. The van der Waals surface area contributed by atoms with Gasteiger partial charge >= 0.3 is 0 Å². The highest BCUT2D eigenvalue weighted by Crippen LogP contribution is 2.39. The summed E-state index contributed by atoms with van der Waals surface area (Å²) in [5, 5.41) is 7.06. The van der Waals surface area contributed by atoms with Crippen LogP contribution < -0.4 is 5.32 Å². The quantitative estimate of drug-likeness (QED) is 0.873. The van der Waals surface area contributed by atoms with Gasteiger partial charge in [-0.2, -0.15) is 0 Å². The molecule has 2 aromatic rings. The maximum atomic E-state index is 3.63. The summed E-state index contributed by atoms with van der Waals surface area (Å²) in [5.41, 5.74) is 0. The summed E-state index contributed by atoms with van der Waals surface area (Å²) in [5.74, 6) is 0.756. The molecular formula is C18H23NS. The molecule has 0 radical (unpaired) electrons. The van der Waals surface area contributed by atoms with Crippen molar-refractivity contribution < 1.29 is 0 Å². The van der Waals surface area contributed by atoms with Crippen LogP contribution in [0.15, 0.2) is 47.4 Å². The van der Waals surface area contributed by atoms with E-state index in [0.29, 0.717) is 6.04 Å². The van der Waals surface area contributed by atoms with Crippen LogP contribution in [0.1, 0.15) is 26.7 Å². The number of rotatable bonds is 4. The first-order valence-corrected chi connectivity index (χ1v) is 8.54. The summed E-state index contributed by atoms with van der Waals surface area (Å²) in [7, 11) is 0. The summed E-state index contributed by atoms with van der Waals surface area (Å²) in [4.78, 5) is 1.41. The second-order valence-corrected chi connectivity index (χ2v) is 7.08. The number of nitrogens with one attached hydrogen (secondary N) is 1. The normalized spacial score (nSPS) is 26.2. The first-order chi connectivity index (χ1) is 9.78. The predicted molar refractivity (Wildman–Crippen MR) is 89.5 cm³/mol. The second-order valence-electron chi connectivity index (χ2n) is 5.77. The van der Waals surface area contributed by atoms with Gasteiger partial charge in [0.25, 0.3) is 0 Å². The highest BCUT2D eigenvalue weighted by atomic mass is 32.2. The van der Waals surface area contributed by atoms with E-state index in [4.69, 9.17) is 0 Å². The zero-order chi connectivity index (χ0) is 13.9. The Balaban J connectivity index is 1.73. The van der Waals surface area contributed by atoms with Crippen molar-refractivity contribution in [1.29, 1.82) is 0 Å². The third-order valence-corrected chi connectivity index (χ3v) is 5.95. The zero-order valence-electron chi connectivity index (χ0n) is 12.3. The molecule has 0 heterocycles. The maximum Gasteiger partial charge on any atom is 0.0135 e. The summed E-state index contributed by atoms with van der Waals surface area (Å²) in [6.45, 7) is 5.69. The highest BCUT2D eigenvalue weighted by Gasteiger charge is 2.32. The Bertz CT molecular complexity index is 580. The minimum Gasteiger partial charge on any atom is -0.314 e. The van der Waals surface area contributed by atoms with Crippen LogP contribution in [0, 0.1) is 5.92 Å². The van der Waals surface area contributed by atoms with Gasteiger partial charge in [-0.25, -0.2) is 0 Å². The predicted octanol–water partition coefficient (Wildman–Crippen LogP) is 4.71. The fourth-order valence-electron chi connectivity index (χ4n) is 3.26. The lowest BCUT2D eigenvalue weighted by Gasteiger charge is -2.21. The number of hydrogen-bond acceptors (Lipinski definition) is 2. The average molecular weight is 285 g/mol. The van der Waals surface area contributed by atoms with Gasteiger partial charge in [-0.1, -0.05) is 44.2 Å². The molecule has 3 atom stereocenters. The van der Waals surface area contributed by atoms with Gasteiger partial charge in [-0.3, -0.25) is 0 Å². The molecular weight excluding hydrogens is 262 g/mol. The second kappa shape index (κ2) is 6.19. The molecule has 1 fully saturated rings. The van der Waals surface area contributed by atoms with E-state index in [0.717, 1.165) is 17.7 Å². The molecule has 1 aliphatic carbocycles. The van der Waals surface area contributed by atoms with Crippen molar-refractivity contribution in [3.8, 4) is 0 Å². The Morgan fingerprint density at radius 1 is 1.10 bits per heavy atom. The molecule has 1 saturated carbocycles. The molecule has 0 saturated heterocycles. The molecule has 1 aliphatic rings. The highest BCUT2D eigenvalue weighted by molar-refractivity contribution is 8.00. The minimum absolute atomic E-state index is 0.706. The number of benzene rings is 2. The molecule has 0 spiro atoms. The molecule has 0 bridgehead atoms. The Labute approximate surface area is 126 Å². The van der Waals surface area contributed by atoms with Crippen molar-refractivity contribution in [1.82, 2.24) is 5.32 Å². The van der Waals surface area contributed by atoms with Crippen LogP contribution in [0.3, 0.4) is 0 Å². The third kappa shape index (κ3) is 2.87. The van der Waals surface area contributed by atoms with Gasteiger partial charge in [0.1, 0.15) is 0 Å². The van der Waals surface area contributed by atoms with E-state index < -0.39 is 0 Å². The summed E-state index contributed by atoms with van der Waals surface area (Å²) >= 11 is 2.06. The number of fused-ring (bicyclic) bond motifs is 1.